The molecule has 5 nitrogen and oxygen atoms in total. The van der Waals surface area contributed by atoms with E-state index >= 15 is 0 Å². The van der Waals surface area contributed by atoms with Crippen LogP contribution >= 0.6 is 0 Å². The van der Waals surface area contributed by atoms with Crippen molar-refractivity contribution in [3.63, 3.8) is 0 Å². The molecule has 0 fully saturated rings. The second-order valence-electron chi connectivity index (χ2n) is 5.14. The Hall–Kier alpha value is -2.35. The molecule has 2 aromatic rings. The first-order valence-corrected chi connectivity index (χ1v) is 6.85. The zero-order chi connectivity index (χ0) is 17.2. The second-order valence-corrected chi connectivity index (χ2v) is 5.14. The molecule has 124 valence electrons. The first-order valence-electron chi connectivity index (χ1n) is 6.85. The molecule has 0 bridgehead atoms. The summed E-state index contributed by atoms with van der Waals surface area (Å²) in [5.74, 6) is -0.336. The maximum Gasteiger partial charge on any atom is 0.435 e. The van der Waals surface area contributed by atoms with Crippen LogP contribution in [0.2, 0.25) is 0 Å². The summed E-state index contributed by atoms with van der Waals surface area (Å²) < 4.78 is 38.9. The third-order valence-corrected chi connectivity index (χ3v) is 3.48. The number of halogens is 3. The van der Waals surface area contributed by atoms with Gasteiger partial charge in [0, 0.05) is 18.8 Å². The summed E-state index contributed by atoms with van der Waals surface area (Å²) in [6, 6.07) is 6.63. The Kier molecular flexibility index (Phi) is 4.74. The van der Waals surface area contributed by atoms with Crippen LogP contribution in [0.1, 0.15) is 23.0 Å². The Bertz CT molecular complexity index is 697. The first-order chi connectivity index (χ1) is 10.7. The minimum Gasteiger partial charge on any atom is -0.394 e. The number of benzene rings is 1. The van der Waals surface area contributed by atoms with Gasteiger partial charge in [-0.3, -0.25) is 4.79 Å². The van der Waals surface area contributed by atoms with E-state index in [0.717, 1.165) is 10.7 Å². The lowest BCUT2D eigenvalue weighted by Crippen LogP contribution is -2.37. The number of alkyl halides is 3. The highest BCUT2D eigenvalue weighted by Crippen LogP contribution is 2.28. The number of rotatable bonds is 4. The molecule has 23 heavy (non-hydrogen) atoms. The Morgan fingerprint density at radius 2 is 2.09 bits per heavy atom. The van der Waals surface area contributed by atoms with E-state index < -0.39 is 11.9 Å². The number of hydrogen-bond donors (Lipinski definition) is 1. The maximum absolute atomic E-state index is 12.6. The molecular weight excluding hydrogens is 311 g/mol. The molecular formula is C15H16F3N3O2. The molecule has 1 atom stereocenters. The molecule has 1 aromatic heterocycles. The highest BCUT2D eigenvalue weighted by molar-refractivity contribution is 5.94. The molecule has 0 aliphatic heterocycles. The van der Waals surface area contributed by atoms with Gasteiger partial charge in [0.25, 0.3) is 5.91 Å². The lowest BCUT2D eigenvalue weighted by molar-refractivity contribution is -0.141. The minimum atomic E-state index is -4.52. The molecule has 1 heterocycles. The number of carbonyl (C=O) groups is 1. The third-order valence-electron chi connectivity index (χ3n) is 3.48. The summed E-state index contributed by atoms with van der Waals surface area (Å²) in [5, 5.41) is 12.6. The van der Waals surface area contributed by atoms with Crippen molar-refractivity contribution in [1.29, 1.82) is 0 Å². The monoisotopic (exact) mass is 327 g/mol. The van der Waals surface area contributed by atoms with Crippen molar-refractivity contribution in [2.24, 2.45) is 0 Å². The lowest BCUT2D eigenvalue weighted by Gasteiger charge is -2.23. The van der Waals surface area contributed by atoms with Crippen molar-refractivity contribution in [3.05, 3.63) is 47.8 Å². The SMILES string of the molecule is CC(CO)N(C)C(=O)c1cccc(-n2ccc(C(F)(F)F)n2)c1. The third kappa shape index (κ3) is 3.70. The summed E-state index contributed by atoms with van der Waals surface area (Å²) in [7, 11) is 1.55. The molecule has 0 aliphatic rings. The van der Waals surface area contributed by atoms with Crippen LogP contribution in [0.25, 0.3) is 5.69 Å². The van der Waals surface area contributed by atoms with Gasteiger partial charge in [0.1, 0.15) is 0 Å². The van der Waals surface area contributed by atoms with Crippen molar-refractivity contribution >= 4 is 5.91 Å². The number of aliphatic hydroxyl groups is 1. The van der Waals surface area contributed by atoms with E-state index in [1.165, 1.54) is 17.2 Å². The summed E-state index contributed by atoms with van der Waals surface area (Å²) in [6.45, 7) is 1.50. The van der Waals surface area contributed by atoms with Gasteiger partial charge in [-0.15, -0.1) is 0 Å². The summed E-state index contributed by atoms with van der Waals surface area (Å²) >= 11 is 0. The highest BCUT2D eigenvalue weighted by Gasteiger charge is 2.33. The number of aliphatic hydroxyl groups excluding tert-OH is 1. The van der Waals surface area contributed by atoms with Crippen molar-refractivity contribution in [2.45, 2.75) is 19.1 Å². The molecule has 0 saturated heterocycles. The minimum absolute atomic E-state index is 0.184. The molecule has 0 saturated carbocycles. The quantitative estimate of drug-likeness (QED) is 0.938. The van der Waals surface area contributed by atoms with Crippen LogP contribution in [0.3, 0.4) is 0 Å². The largest absolute Gasteiger partial charge is 0.435 e. The average molecular weight is 327 g/mol. The molecule has 0 radical (unpaired) electrons. The van der Waals surface area contributed by atoms with Crippen LogP contribution in [-0.2, 0) is 6.18 Å². The summed E-state index contributed by atoms with van der Waals surface area (Å²) in [4.78, 5) is 13.7. The number of hydrogen-bond acceptors (Lipinski definition) is 3. The number of amides is 1. The van der Waals surface area contributed by atoms with Gasteiger partial charge in [0.2, 0.25) is 0 Å². The lowest BCUT2D eigenvalue weighted by atomic mass is 10.1. The van der Waals surface area contributed by atoms with Gasteiger partial charge >= 0.3 is 6.18 Å². The van der Waals surface area contributed by atoms with E-state index in [1.807, 2.05) is 0 Å². The van der Waals surface area contributed by atoms with Crippen LogP contribution in [-0.4, -0.2) is 45.4 Å². The molecule has 1 N–H and O–H groups in total. The van der Waals surface area contributed by atoms with Gasteiger partial charge in [-0.2, -0.15) is 18.3 Å². The molecule has 1 amide bonds. The Balaban J connectivity index is 2.30. The van der Waals surface area contributed by atoms with E-state index in [2.05, 4.69) is 5.10 Å². The van der Waals surface area contributed by atoms with Crippen molar-refractivity contribution in [1.82, 2.24) is 14.7 Å². The summed E-state index contributed by atoms with van der Waals surface area (Å²) in [5.41, 5.74) is -0.356. The first kappa shape index (κ1) is 17.0. The smallest absolute Gasteiger partial charge is 0.394 e. The van der Waals surface area contributed by atoms with E-state index in [0.29, 0.717) is 11.3 Å². The average Bonchev–Trinajstić information content (AvgIpc) is 3.03. The number of nitrogens with zero attached hydrogens (tertiary/aromatic N) is 3. The van der Waals surface area contributed by atoms with Gasteiger partial charge in [-0.1, -0.05) is 6.07 Å². The molecule has 2 rings (SSSR count). The standard InChI is InChI=1S/C15H16F3N3O2/c1-10(9-22)20(2)14(23)11-4-3-5-12(8-11)21-7-6-13(19-21)15(16,17)18/h3-8,10,22H,9H2,1-2H3. The zero-order valence-corrected chi connectivity index (χ0v) is 12.6. The fourth-order valence-electron chi connectivity index (χ4n) is 1.93. The molecule has 1 unspecified atom stereocenters. The number of aromatic nitrogens is 2. The molecule has 0 spiro atoms. The van der Waals surface area contributed by atoms with E-state index in [1.54, 1.807) is 32.2 Å². The van der Waals surface area contributed by atoms with Crippen molar-refractivity contribution in [3.8, 4) is 5.69 Å². The predicted molar refractivity (Wildman–Crippen MR) is 77.2 cm³/mol. The second kappa shape index (κ2) is 6.41. The topological polar surface area (TPSA) is 58.4 Å². The number of carbonyl (C=O) groups excluding carboxylic acids is 1. The van der Waals surface area contributed by atoms with Crippen LogP contribution in [0.4, 0.5) is 13.2 Å². The zero-order valence-electron chi connectivity index (χ0n) is 12.6. The predicted octanol–water partition coefficient (Wildman–Crippen LogP) is 2.34. The van der Waals surface area contributed by atoms with Gasteiger partial charge in [-0.25, -0.2) is 4.68 Å². The Morgan fingerprint density at radius 3 is 2.65 bits per heavy atom. The molecule has 8 heteroatoms. The van der Waals surface area contributed by atoms with Gasteiger partial charge in [0.15, 0.2) is 5.69 Å². The van der Waals surface area contributed by atoms with Crippen LogP contribution in [0.5, 0.6) is 0 Å². The molecule has 0 aliphatic carbocycles. The van der Waals surface area contributed by atoms with E-state index in [-0.39, 0.29) is 18.6 Å². The van der Waals surface area contributed by atoms with Gasteiger partial charge in [0.05, 0.1) is 18.3 Å². The van der Waals surface area contributed by atoms with Crippen LogP contribution in [0, 0.1) is 0 Å². The van der Waals surface area contributed by atoms with E-state index in [9.17, 15) is 18.0 Å². The highest BCUT2D eigenvalue weighted by atomic mass is 19.4. The Labute approximate surface area is 130 Å². The van der Waals surface area contributed by atoms with E-state index in [4.69, 9.17) is 5.11 Å². The van der Waals surface area contributed by atoms with Gasteiger partial charge < -0.3 is 10.0 Å². The fraction of sp³-hybridized carbons (Fsp3) is 0.333. The van der Waals surface area contributed by atoms with Gasteiger partial charge in [-0.05, 0) is 31.2 Å². The summed E-state index contributed by atoms with van der Waals surface area (Å²) in [6.07, 6.45) is -3.33. The Morgan fingerprint density at radius 1 is 1.39 bits per heavy atom. The normalized spacial score (nSPS) is 13.0. The molecule has 1 aromatic carbocycles. The maximum atomic E-state index is 12.6. The van der Waals surface area contributed by atoms with Crippen molar-refractivity contribution in [2.75, 3.05) is 13.7 Å². The van der Waals surface area contributed by atoms with Crippen LogP contribution in [0.15, 0.2) is 36.5 Å². The van der Waals surface area contributed by atoms with Crippen molar-refractivity contribution < 1.29 is 23.1 Å². The number of likely N-dealkylation sites (N-methyl/N-ethyl adjacent to an activating group) is 1. The fourth-order valence-corrected chi connectivity index (χ4v) is 1.93. The van der Waals surface area contributed by atoms with Crippen LogP contribution < -0.4 is 0 Å².